The van der Waals surface area contributed by atoms with E-state index in [0.29, 0.717) is 16.4 Å². The third-order valence-electron chi connectivity index (χ3n) is 2.76. The van der Waals surface area contributed by atoms with Gasteiger partial charge in [-0.15, -0.1) is 0 Å². The molecule has 0 aliphatic rings. The first-order chi connectivity index (χ1) is 9.95. The normalized spacial score (nSPS) is 10.0. The van der Waals surface area contributed by atoms with Gasteiger partial charge in [-0.05, 0) is 71.5 Å². The zero-order valence-corrected chi connectivity index (χ0v) is 14.0. The molecule has 4 nitrogen and oxygen atoms in total. The molecule has 0 fully saturated rings. The van der Waals surface area contributed by atoms with Crippen molar-refractivity contribution in [1.82, 2.24) is 0 Å². The number of carbonyl (C=O) groups is 2. The van der Waals surface area contributed by atoms with Crippen LogP contribution in [0.5, 0.6) is 0 Å². The molecule has 0 bridgehead atoms. The third-order valence-corrected chi connectivity index (χ3v) is 3.71. The maximum Gasteiger partial charge on any atom is 0.314 e. The average molecular weight is 415 g/mol. The highest BCUT2D eigenvalue weighted by atomic mass is 127. The number of hydrogen-bond acceptors (Lipinski definition) is 2. The number of rotatable bonds is 2. The Morgan fingerprint density at radius 3 is 2.29 bits per heavy atom. The molecule has 0 aliphatic heterocycles. The first-order valence-corrected chi connectivity index (χ1v) is 7.55. The molecule has 2 rings (SSSR count). The van der Waals surface area contributed by atoms with E-state index in [1.54, 1.807) is 30.3 Å². The van der Waals surface area contributed by atoms with Crippen molar-refractivity contribution in [3.63, 3.8) is 0 Å². The summed E-state index contributed by atoms with van der Waals surface area (Å²) in [5.74, 6) is -1.46. The van der Waals surface area contributed by atoms with Crippen LogP contribution in [0.1, 0.15) is 5.56 Å². The quantitative estimate of drug-likeness (QED) is 0.580. The number of nitrogens with one attached hydrogen (secondary N) is 2. The van der Waals surface area contributed by atoms with E-state index in [1.165, 1.54) is 0 Å². The summed E-state index contributed by atoms with van der Waals surface area (Å²) in [6.07, 6.45) is 0. The summed E-state index contributed by atoms with van der Waals surface area (Å²) < 4.78 is 1.05. The van der Waals surface area contributed by atoms with E-state index in [9.17, 15) is 9.59 Å². The van der Waals surface area contributed by atoms with E-state index < -0.39 is 11.8 Å². The Bertz CT molecular complexity index is 687. The van der Waals surface area contributed by atoms with E-state index in [1.807, 2.05) is 19.1 Å². The Kier molecular flexibility index (Phi) is 5.19. The molecule has 0 aromatic heterocycles. The highest BCUT2D eigenvalue weighted by molar-refractivity contribution is 14.1. The highest BCUT2D eigenvalue weighted by Crippen LogP contribution is 2.20. The summed E-state index contributed by atoms with van der Waals surface area (Å²) in [5, 5.41) is 5.58. The van der Waals surface area contributed by atoms with Gasteiger partial charge in [0.15, 0.2) is 0 Å². The predicted octanol–water partition coefficient (Wildman–Crippen LogP) is 3.83. The van der Waals surface area contributed by atoms with Crippen LogP contribution in [0.3, 0.4) is 0 Å². The second-order valence-corrected chi connectivity index (χ2v) is 6.06. The van der Waals surface area contributed by atoms with Gasteiger partial charge >= 0.3 is 11.8 Å². The minimum Gasteiger partial charge on any atom is -0.318 e. The van der Waals surface area contributed by atoms with E-state index in [2.05, 4.69) is 33.2 Å². The molecule has 0 spiro atoms. The lowest BCUT2D eigenvalue weighted by Crippen LogP contribution is -2.29. The Morgan fingerprint density at radius 1 is 1.00 bits per heavy atom. The summed E-state index contributed by atoms with van der Waals surface area (Å²) in [6, 6.07) is 12.2. The topological polar surface area (TPSA) is 58.2 Å². The van der Waals surface area contributed by atoms with Gasteiger partial charge in [-0.1, -0.05) is 17.7 Å². The second-order valence-electron chi connectivity index (χ2n) is 4.37. The van der Waals surface area contributed by atoms with Crippen molar-refractivity contribution in [1.29, 1.82) is 0 Å². The van der Waals surface area contributed by atoms with E-state index in [0.717, 1.165) is 9.13 Å². The van der Waals surface area contributed by atoms with Gasteiger partial charge in [0.1, 0.15) is 0 Å². The maximum absolute atomic E-state index is 11.9. The van der Waals surface area contributed by atoms with Crippen molar-refractivity contribution in [2.24, 2.45) is 0 Å². The van der Waals surface area contributed by atoms with Gasteiger partial charge in [-0.3, -0.25) is 9.59 Å². The Hall–Kier alpha value is -1.60. The fourth-order valence-corrected chi connectivity index (χ4v) is 2.16. The molecule has 0 saturated heterocycles. The summed E-state index contributed by atoms with van der Waals surface area (Å²) in [5.41, 5.74) is 1.92. The molecule has 0 heterocycles. The van der Waals surface area contributed by atoms with Crippen LogP contribution in [0.2, 0.25) is 5.02 Å². The molecule has 2 N–H and O–H groups in total. The number of aryl methyl sites for hydroxylation is 1. The molecular formula is C15H12ClIN2O2. The lowest BCUT2D eigenvalue weighted by Gasteiger charge is -2.09. The van der Waals surface area contributed by atoms with Gasteiger partial charge < -0.3 is 10.6 Å². The number of amides is 2. The molecule has 108 valence electrons. The third kappa shape index (κ3) is 4.44. The van der Waals surface area contributed by atoms with Crippen LogP contribution in [0.4, 0.5) is 11.4 Å². The van der Waals surface area contributed by atoms with Crippen molar-refractivity contribution < 1.29 is 9.59 Å². The lowest BCUT2D eigenvalue weighted by atomic mass is 10.2. The van der Waals surface area contributed by atoms with Gasteiger partial charge in [0.2, 0.25) is 0 Å². The van der Waals surface area contributed by atoms with E-state index in [-0.39, 0.29) is 0 Å². The van der Waals surface area contributed by atoms with Crippen LogP contribution in [-0.4, -0.2) is 11.8 Å². The molecule has 6 heteroatoms. The summed E-state index contributed by atoms with van der Waals surface area (Å²) >= 11 is 8.03. The summed E-state index contributed by atoms with van der Waals surface area (Å²) in [4.78, 5) is 23.7. The molecule has 0 atom stereocenters. The molecular weight excluding hydrogens is 403 g/mol. The lowest BCUT2D eigenvalue weighted by molar-refractivity contribution is -0.133. The van der Waals surface area contributed by atoms with Crippen LogP contribution < -0.4 is 10.6 Å². The largest absolute Gasteiger partial charge is 0.318 e. The molecule has 0 unspecified atom stereocenters. The van der Waals surface area contributed by atoms with Crippen LogP contribution in [0.15, 0.2) is 42.5 Å². The Labute approximate surface area is 141 Å². The van der Waals surface area contributed by atoms with E-state index >= 15 is 0 Å². The monoisotopic (exact) mass is 414 g/mol. The molecule has 2 aromatic rings. The second kappa shape index (κ2) is 6.91. The summed E-state index contributed by atoms with van der Waals surface area (Å²) in [6.45, 7) is 1.82. The Morgan fingerprint density at radius 2 is 1.62 bits per heavy atom. The maximum atomic E-state index is 11.9. The molecule has 21 heavy (non-hydrogen) atoms. The van der Waals surface area contributed by atoms with Gasteiger partial charge in [-0.2, -0.15) is 0 Å². The predicted molar refractivity (Wildman–Crippen MR) is 92.6 cm³/mol. The van der Waals surface area contributed by atoms with Crippen molar-refractivity contribution in [2.45, 2.75) is 6.92 Å². The molecule has 0 saturated carbocycles. The number of benzene rings is 2. The van der Waals surface area contributed by atoms with Crippen LogP contribution in [0.25, 0.3) is 0 Å². The van der Waals surface area contributed by atoms with Crippen molar-refractivity contribution >= 4 is 57.4 Å². The van der Waals surface area contributed by atoms with E-state index in [4.69, 9.17) is 11.6 Å². The average Bonchev–Trinajstić information content (AvgIpc) is 2.45. The SMILES string of the molecule is Cc1ccc(Cl)cc1NC(=O)C(=O)Nc1ccc(I)cc1. The number of halogens is 2. The standard InChI is InChI=1S/C15H12ClIN2O2/c1-9-2-3-10(16)8-13(9)19-15(21)14(20)18-12-6-4-11(17)5-7-12/h2-8H,1H3,(H,18,20)(H,19,21). The fourth-order valence-electron chi connectivity index (χ4n) is 1.63. The Balaban J connectivity index is 2.04. The van der Waals surface area contributed by atoms with Crippen molar-refractivity contribution in [3.8, 4) is 0 Å². The van der Waals surface area contributed by atoms with Gasteiger partial charge in [-0.25, -0.2) is 0 Å². The first kappa shape index (κ1) is 15.8. The minimum absolute atomic E-state index is 0.494. The number of carbonyl (C=O) groups excluding carboxylic acids is 2. The zero-order chi connectivity index (χ0) is 15.4. The summed E-state index contributed by atoms with van der Waals surface area (Å²) in [7, 11) is 0. The van der Waals surface area contributed by atoms with Crippen LogP contribution in [0, 0.1) is 10.5 Å². The van der Waals surface area contributed by atoms with Crippen LogP contribution >= 0.6 is 34.2 Å². The molecule has 0 radical (unpaired) electrons. The molecule has 2 aromatic carbocycles. The fraction of sp³-hybridized carbons (Fsp3) is 0.0667. The van der Waals surface area contributed by atoms with Gasteiger partial charge in [0.05, 0.1) is 0 Å². The molecule has 2 amide bonds. The number of anilines is 2. The van der Waals surface area contributed by atoms with Gasteiger partial charge in [0.25, 0.3) is 0 Å². The van der Waals surface area contributed by atoms with Crippen molar-refractivity contribution in [3.05, 3.63) is 56.6 Å². The van der Waals surface area contributed by atoms with Crippen molar-refractivity contribution in [2.75, 3.05) is 10.6 Å². The van der Waals surface area contributed by atoms with Crippen LogP contribution in [-0.2, 0) is 9.59 Å². The minimum atomic E-state index is -0.737. The number of hydrogen-bond donors (Lipinski definition) is 2. The first-order valence-electron chi connectivity index (χ1n) is 6.10. The zero-order valence-electron chi connectivity index (χ0n) is 11.1. The smallest absolute Gasteiger partial charge is 0.314 e. The van der Waals surface area contributed by atoms with Gasteiger partial charge in [0, 0.05) is 20.0 Å². The molecule has 0 aliphatic carbocycles. The highest BCUT2D eigenvalue weighted by Gasteiger charge is 2.15.